The highest BCUT2D eigenvalue weighted by Crippen LogP contribution is 2.36. The van der Waals surface area contributed by atoms with E-state index in [2.05, 4.69) is 56.3 Å². The van der Waals surface area contributed by atoms with Crippen molar-refractivity contribution in [2.75, 3.05) is 57.2 Å². The number of benzene rings is 1. The minimum Gasteiger partial charge on any atom is -0.415 e. The van der Waals surface area contributed by atoms with Crippen LogP contribution in [-0.2, 0) is 15.7 Å². The average molecular weight is 599 g/mol. The number of nitrogens with one attached hydrogen (secondary N) is 2. The lowest BCUT2D eigenvalue weighted by Gasteiger charge is -2.37. The number of rotatable bonds is 11. The van der Waals surface area contributed by atoms with Gasteiger partial charge in [-0.1, -0.05) is 26.8 Å². The van der Waals surface area contributed by atoms with E-state index in [-0.39, 0.29) is 16.9 Å². The molecule has 42 heavy (non-hydrogen) atoms. The number of fused-ring (bicyclic) bond motifs is 1. The maximum atomic E-state index is 15.2. The van der Waals surface area contributed by atoms with Crippen molar-refractivity contribution < 1.29 is 13.6 Å². The molecule has 2 N–H and O–H groups in total. The van der Waals surface area contributed by atoms with E-state index < -0.39 is 8.32 Å². The molecule has 2 aromatic heterocycles. The van der Waals surface area contributed by atoms with Crippen LogP contribution in [0.15, 0.2) is 29.3 Å². The maximum absolute atomic E-state index is 15.2. The Hall–Kier alpha value is -3.06. The van der Waals surface area contributed by atoms with E-state index in [1.165, 1.54) is 6.07 Å². The van der Waals surface area contributed by atoms with Gasteiger partial charge in [-0.25, -0.2) is 14.4 Å². The SMILES string of the molecule is Cc1nc2c(/N=C/N(C)C)cc(N3CCOCC3)nn2c1Nc1cccc(F)c1CNC(C)CO[Si](C)(C)C(C)(C)C. The molecule has 1 aliphatic rings. The fraction of sp³-hybridized carbons (Fsp3) is 0.567. The molecule has 0 aliphatic carbocycles. The molecule has 4 rings (SSSR count). The Morgan fingerprint density at radius 3 is 2.62 bits per heavy atom. The Morgan fingerprint density at radius 1 is 1.24 bits per heavy atom. The fourth-order valence-electron chi connectivity index (χ4n) is 4.33. The van der Waals surface area contributed by atoms with Gasteiger partial charge in [0.1, 0.15) is 11.5 Å². The van der Waals surface area contributed by atoms with Crippen molar-refractivity contribution in [2.45, 2.75) is 65.3 Å². The summed E-state index contributed by atoms with van der Waals surface area (Å²) in [5.41, 5.74) is 3.26. The Balaban J connectivity index is 1.62. The third kappa shape index (κ3) is 7.47. The van der Waals surface area contributed by atoms with Crippen molar-refractivity contribution >= 4 is 43.3 Å². The van der Waals surface area contributed by atoms with E-state index in [1.54, 1.807) is 16.9 Å². The van der Waals surface area contributed by atoms with Gasteiger partial charge in [-0.05, 0) is 44.1 Å². The molecule has 1 saturated heterocycles. The van der Waals surface area contributed by atoms with Crippen LogP contribution < -0.4 is 15.5 Å². The normalized spacial score (nSPS) is 15.5. The average Bonchev–Trinajstić information content (AvgIpc) is 3.24. The Labute approximate surface area is 250 Å². The van der Waals surface area contributed by atoms with Crippen molar-refractivity contribution in [1.82, 2.24) is 24.8 Å². The van der Waals surface area contributed by atoms with Gasteiger partial charge >= 0.3 is 0 Å². The van der Waals surface area contributed by atoms with E-state index in [0.29, 0.717) is 54.8 Å². The Bertz CT molecular complexity index is 1400. The molecule has 0 radical (unpaired) electrons. The summed E-state index contributed by atoms with van der Waals surface area (Å²) >= 11 is 0. The van der Waals surface area contributed by atoms with Crippen LogP contribution in [-0.4, -0.2) is 87.2 Å². The van der Waals surface area contributed by atoms with E-state index in [0.717, 1.165) is 24.6 Å². The number of hydrogen-bond acceptors (Lipinski definition) is 8. The largest absolute Gasteiger partial charge is 0.415 e. The predicted octanol–water partition coefficient (Wildman–Crippen LogP) is 5.48. The molecule has 0 saturated carbocycles. The van der Waals surface area contributed by atoms with Gasteiger partial charge in [0.05, 0.1) is 25.2 Å². The number of imidazole rings is 1. The molecule has 0 bridgehead atoms. The van der Waals surface area contributed by atoms with Gasteiger partial charge in [0, 0.05) is 63.7 Å². The molecule has 10 nitrogen and oxygen atoms in total. The molecule has 1 aromatic carbocycles. The Kier molecular flexibility index (Phi) is 9.91. The summed E-state index contributed by atoms with van der Waals surface area (Å²) in [6.07, 6.45) is 1.75. The van der Waals surface area contributed by atoms with Crippen LogP contribution in [0.3, 0.4) is 0 Å². The number of aromatic nitrogens is 3. The molecule has 1 unspecified atom stereocenters. The summed E-state index contributed by atoms with van der Waals surface area (Å²) in [4.78, 5) is 13.6. The van der Waals surface area contributed by atoms with Crippen LogP contribution in [0.5, 0.6) is 0 Å². The van der Waals surface area contributed by atoms with E-state index in [4.69, 9.17) is 24.2 Å². The lowest BCUT2D eigenvalue weighted by Crippen LogP contribution is -2.44. The second-order valence-electron chi connectivity index (χ2n) is 12.7. The van der Waals surface area contributed by atoms with Gasteiger partial charge in [0.25, 0.3) is 0 Å². The quantitative estimate of drug-likeness (QED) is 0.170. The van der Waals surface area contributed by atoms with Crippen molar-refractivity contribution in [3.05, 3.63) is 41.3 Å². The second-order valence-corrected chi connectivity index (χ2v) is 17.5. The number of nitrogens with zero attached hydrogens (tertiary/aromatic N) is 6. The molecule has 0 amide bonds. The molecule has 1 fully saturated rings. The van der Waals surface area contributed by atoms with Crippen molar-refractivity contribution in [2.24, 2.45) is 4.99 Å². The smallest absolute Gasteiger partial charge is 0.192 e. The van der Waals surface area contributed by atoms with Crippen molar-refractivity contribution in [3.8, 4) is 0 Å². The van der Waals surface area contributed by atoms with E-state index in [1.807, 2.05) is 38.1 Å². The van der Waals surface area contributed by atoms with Gasteiger partial charge < -0.3 is 29.6 Å². The van der Waals surface area contributed by atoms with Crippen molar-refractivity contribution in [3.63, 3.8) is 0 Å². The van der Waals surface area contributed by atoms with Crippen LogP contribution in [0.4, 0.5) is 27.4 Å². The van der Waals surface area contributed by atoms with E-state index >= 15 is 4.39 Å². The molecule has 12 heteroatoms. The summed E-state index contributed by atoms with van der Waals surface area (Å²) in [7, 11) is 1.98. The zero-order valence-corrected chi connectivity index (χ0v) is 27.6. The monoisotopic (exact) mass is 598 g/mol. The highest BCUT2D eigenvalue weighted by molar-refractivity contribution is 6.74. The molecule has 0 spiro atoms. The first-order chi connectivity index (χ1) is 19.8. The number of morpholine rings is 1. The summed E-state index contributed by atoms with van der Waals surface area (Å²) in [6, 6.07) is 7.10. The first-order valence-electron chi connectivity index (χ1n) is 14.6. The number of aliphatic imine (C=N–C) groups is 1. The van der Waals surface area contributed by atoms with Crippen molar-refractivity contribution in [1.29, 1.82) is 0 Å². The summed E-state index contributed by atoms with van der Waals surface area (Å²) in [5.74, 6) is 1.17. The summed E-state index contributed by atoms with van der Waals surface area (Å²) in [6.45, 7) is 18.8. The van der Waals surface area contributed by atoms with Gasteiger partial charge in [-0.3, -0.25) is 0 Å². The standard InChI is InChI=1S/C30H47FN8O2Si/c1-21(19-41-42(8,9)30(3,4)5)32-18-23-24(31)11-10-12-25(23)35-28-22(2)34-29-26(33-20-37(6)7)17-27(36-39(28)29)38-13-15-40-16-14-38/h10-12,17,20-21,32,35H,13-16,18-19H2,1-9H3/b33-20+. The van der Waals surface area contributed by atoms with Crippen LogP contribution in [0.1, 0.15) is 39.0 Å². The number of ether oxygens (including phenoxy) is 1. The first-order valence-corrected chi connectivity index (χ1v) is 17.5. The number of hydrogen-bond donors (Lipinski definition) is 2. The van der Waals surface area contributed by atoms with Crippen LogP contribution >= 0.6 is 0 Å². The molecule has 3 heterocycles. The topological polar surface area (TPSA) is 91.6 Å². The molecule has 3 aromatic rings. The minimum absolute atomic E-state index is 0.0546. The molecular formula is C30H47FN8O2Si. The number of aryl methyl sites for hydroxylation is 1. The van der Waals surface area contributed by atoms with Gasteiger partial charge in [-0.2, -0.15) is 4.52 Å². The zero-order valence-electron chi connectivity index (χ0n) is 26.6. The number of anilines is 3. The molecule has 230 valence electrons. The fourth-order valence-corrected chi connectivity index (χ4v) is 5.43. The number of halogens is 1. The highest BCUT2D eigenvalue weighted by Gasteiger charge is 2.37. The van der Waals surface area contributed by atoms with Gasteiger partial charge in [0.2, 0.25) is 0 Å². The highest BCUT2D eigenvalue weighted by atomic mass is 28.4. The Morgan fingerprint density at radius 2 is 1.95 bits per heavy atom. The van der Waals surface area contributed by atoms with Gasteiger partial charge in [0.15, 0.2) is 25.6 Å². The van der Waals surface area contributed by atoms with Crippen LogP contribution in [0, 0.1) is 12.7 Å². The predicted molar refractivity (Wildman–Crippen MR) is 172 cm³/mol. The third-order valence-electron chi connectivity index (χ3n) is 7.99. The first kappa shape index (κ1) is 31.9. The van der Waals surface area contributed by atoms with E-state index in [9.17, 15) is 0 Å². The van der Waals surface area contributed by atoms with Crippen LogP contribution in [0.25, 0.3) is 5.65 Å². The molecule has 1 aliphatic heterocycles. The lowest BCUT2D eigenvalue weighted by molar-refractivity contribution is 0.122. The maximum Gasteiger partial charge on any atom is 0.192 e. The second kappa shape index (κ2) is 13.1. The summed E-state index contributed by atoms with van der Waals surface area (Å²) in [5, 5.41) is 12.0. The van der Waals surface area contributed by atoms with Crippen LogP contribution in [0.2, 0.25) is 18.1 Å². The molecular weight excluding hydrogens is 551 g/mol. The molecule has 1 atom stereocenters. The minimum atomic E-state index is -1.87. The third-order valence-corrected chi connectivity index (χ3v) is 12.5. The van der Waals surface area contributed by atoms with Gasteiger partial charge in [-0.15, -0.1) is 5.10 Å². The zero-order chi connectivity index (χ0) is 30.7. The summed E-state index contributed by atoms with van der Waals surface area (Å²) < 4.78 is 28.9. The lowest BCUT2D eigenvalue weighted by atomic mass is 10.1.